The molecule has 0 aromatic carbocycles. The number of nitrogens with zero attached hydrogens (tertiary/aromatic N) is 1. The van der Waals surface area contributed by atoms with Crippen LogP contribution in [0.2, 0.25) is 0 Å². The van der Waals surface area contributed by atoms with Gasteiger partial charge in [-0.2, -0.15) is 0 Å². The van der Waals surface area contributed by atoms with E-state index in [2.05, 4.69) is 4.98 Å². The fraction of sp³-hybridized carbons (Fsp3) is 0.500. The van der Waals surface area contributed by atoms with Crippen LogP contribution in [0, 0.1) is 13.8 Å². The molecule has 1 saturated carbocycles. The van der Waals surface area contributed by atoms with Gasteiger partial charge in [0.25, 0.3) is 0 Å². The number of pyridine rings is 1. The molecule has 1 aliphatic carbocycles. The van der Waals surface area contributed by atoms with Crippen molar-refractivity contribution in [3.63, 3.8) is 0 Å². The van der Waals surface area contributed by atoms with Crippen molar-refractivity contribution in [2.24, 2.45) is 0 Å². The van der Waals surface area contributed by atoms with Crippen LogP contribution in [0.3, 0.4) is 0 Å². The second kappa shape index (κ2) is 2.77. The first-order valence-corrected chi connectivity index (χ1v) is 4.36. The summed E-state index contributed by atoms with van der Waals surface area (Å²) in [5, 5.41) is 0. The molecule has 0 N–H and O–H groups in total. The molecular formula is C10H13NO. The molecule has 12 heavy (non-hydrogen) atoms. The Hall–Kier alpha value is -1.05. The van der Waals surface area contributed by atoms with Gasteiger partial charge in [-0.15, -0.1) is 0 Å². The van der Waals surface area contributed by atoms with Crippen LogP contribution in [0.25, 0.3) is 0 Å². The lowest BCUT2D eigenvalue weighted by molar-refractivity contribution is 0.299. The molecule has 0 aliphatic heterocycles. The average Bonchev–Trinajstić information content (AvgIpc) is 2.79. The Morgan fingerprint density at radius 2 is 2.08 bits per heavy atom. The Balaban J connectivity index is 2.18. The van der Waals surface area contributed by atoms with E-state index in [1.807, 2.05) is 26.0 Å². The van der Waals surface area contributed by atoms with Gasteiger partial charge >= 0.3 is 0 Å². The van der Waals surface area contributed by atoms with E-state index in [9.17, 15) is 0 Å². The highest BCUT2D eigenvalue weighted by molar-refractivity contribution is 5.28. The fourth-order valence-corrected chi connectivity index (χ4v) is 1.16. The van der Waals surface area contributed by atoms with Crippen molar-refractivity contribution >= 4 is 0 Å². The van der Waals surface area contributed by atoms with Crippen LogP contribution in [0.15, 0.2) is 12.1 Å². The zero-order valence-corrected chi connectivity index (χ0v) is 7.50. The summed E-state index contributed by atoms with van der Waals surface area (Å²) < 4.78 is 5.65. The minimum absolute atomic E-state index is 0.466. The van der Waals surface area contributed by atoms with Crippen LogP contribution in [0.1, 0.15) is 24.2 Å². The Bertz CT molecular complexity index is 292. The van der Waals surface area contributed by atoms with Crippen LogP contribution in [0.5, 0.6) is 5.75 Å². The van der Waals surface area contributed by atoms with Crippen molar-refractivity contribution in [2.75, 3.05) is 0 Å². The minimum Gasteiger partial charge on any atom is -0.489 e. The molecule has 1 aromatic rings. The van der Waals surface area contributed by atoms with E-state index in [4.69, 9.17) is 4.74 Å². The summed E-state index contributed by atoms with van der Waals surface area (Å²) in [6.45, 7) is 3.98. The third kappa shape index (κ3) is 1.58. The predicted octanol–water partition coefficient (Wildman–Crippen LogP) is 2.24. The molecule has 1 aromatic heterocycles. The van der Waals surface area contributed by atoms with Gasteiger partial charge in [0.15, 0.2) is 0 Å². The molecule has 1 heterocycles. The summed E-state index contributed by atoms with van der Waals surface area (Å²) >= 11 is 0. The lowest BCUT2D eigenvalue weighted by atomic mass is 10.3. The van der Waals surface area contributed by atoms with Gasteiger partial charge in [-0.3, -0.25) is 4.98 Å². The van der Waals surface area contributed by atoms with Gasteiger partial charge in [-0.1, -0.05) is 0 Å². The van der Waals surface area contributed by atoms with E-state index >= 15 is 0 Å². The van der Waals surface area contributed by atoms with E-state index < -0.39 is 0 Å². The second-order valence-corrected chi connectivity index (χ2v) is 3.35. The Labute approximate surface area is 72.6 Å². The molecule has 0 saturated heterocycles. The van der Waals surface area contributed by atoms with Gasteiger partial charge in [0, 0.05) is 5.69 Å². The maximum absolute atomic E-state index is 5.65. The number of aryl methyl sites for hydroxylation is 2. The highest BCUT2D eigenvalue weighted by Crippen LogP contribution is 2.27. The molecule has 0 unspecified atom stereocenters. The van der Waals surface area contributed by atoms with Gasteiger partial charge in [0.05, 0.1) is 11.8 Å². The summed E-state index contributed by atoms with van der Waals surface area (Å²) in [4.78, 5) is 4.33. The molecule has 2 nitrogen and oxygen atoms in total. The van der Waals surface area contributed by atoms with Crippen molar-refractivity contribution in [1.29, 1.82) is 0 Å². The van der Waals surface area contributed by atoms with Crippen LogP contribution in [-0.4, -0.2) is 11.1 Å². The summed E-state index contributed by atoms with van der Waals surface area (Å²) in [7, 11) is 0. The molecule has 1 aliphatic rings. The fourth-order valence-electron chi connectivity index (χ4n) is 1.16. The zero-order valence-electron chi connectivity index (χ0n) is 7.50. The van der Waals surface area contributed by atoms with Crippen LogP contribution in [0.4, 0.5) is 0 Å². The number of aromatic nitrogens is 1. The Morgan fingerprint density at radius 1 is 1.33 bits per heavy atom. The lowest BCUT2D eigenvalue weighted by Gasteiger charge is -2.06. The van der Waals surface area contributed by atoms with Crippen LogP contribution >= 0.6 is 0 Å². The summed E-state index contributed by atoms with van der Waals surface area (Å²) in [6.07, 6.45) is 2.87. The molecule has 2 heteroatoms. The molecule has 2 rings (SSSR count). The second-order valence-electron chi connectivity index (χ2n) is 3.35. The maximum Gasteiger partial charge on any atom is 0.140 e. The third-order valence-electron chi connectivity index (χ3n) is 1.99. The normalized spacial score (nSPS) is 16.2. The molecule has 0 bridgehead atoms. The average molecular weight is 163 g/mol. The molecular weight excluding hydrogens is 150 g/mol. The number of rotatable bonds is 2. The third-order valence-corrected chi connectivity index (χ3v) is 1.99. The van der Waals surface area contributed by atoms with E-state index in [-0.39, 0.29) is 0 Å². The summed E-state index contributed by atoms with van der Waals surface area (Å²) in [5.41, 5.74) is 2.05. The van der Waals surface area contributed by atoms with Gasteiger partial charge < -0.3 is 4.74 Å². The van der Waals surface area contributed by atoms with Crippen molar-refractivity contribution in [3.05, 3.63) is 23.5 Å². The Kier molecular flexibility index (Phi) is 1.75. The van der Waals surface area contributed by atoms with Crippen molar-refractivity contribution in [2.45, 2.75) is 32.8 Å². The van der Waals surface area contributed by atoms with E-state index in [1.165, 1.54) is 12.8 Å². The number of hydrogen-bond acceptors (Lipinski definition) is 2. The van der Waals surface area contributed by atoms with Gasteiger partial charge in [-0.05, 0) is 38.8 Å². The maximum atomic E-state index is 5.65. The molecule has 0 atom stereocenters. The molecule has 0 radical (unpaired) electrons. The zero-order chi connectivity index (χ0) is 8.55. The largest absolute Gasteiger partial charge is 0.489 e. The van der Waals surface area contributed by atoms with Crippen LogP contribution in [-0.2, 0) is 0 Å². The van der Waals surface area contributed by atoms with Crippen molar-refractivity contribution < 1.29 is 4.74 Å². The van der Waals surface area contributed by atoms with E-state index in [0.29, 0.717) is 6.10 Å². The standard InChI is InChI=1S/C10H13NO/c1-7-3-6-10(8(2)11-7)12-9-4-5-9/h3,6,9H,4-5H2,1-2H3. The molecule has 1 fully saturated rings. The highest BCUT2D eigenvalue weighted by Gasteiger charge is 2.24. The van der Waals surface area contributed by atoms with Crippen molar-refractivity contribution in [3.8, 4) is 5.75 Å². The Morgan fingerprint density at radius 3 is 2.67 bits per heavy atom. The predicted molar refractivity (Wildman–Crippen MR) is 47.4 cm³/mol. The van der Waals surface area contributed by atoms with Gasteiger partial charge in [-0.25, -0.2) is 0 Å². The lowest BCUT2D eigenvalue weighted by Crippen LogP contribution is -1.99. The van der Waals surface area contributed by atoms with Crippen molar-refractivity contribution in [1.82, 2.24) is 4.98 Å². The SMILES string of the molecule is Cc1ccc(OC2CC2)c(C)n1. The summed E-state index contributed by atoms with van der Waals surface area (Å²) in [6, 6.07) is 4.00. The first-order valence-electron chi connectivity index (χ1n) is 4.36. The highest BCUT2D eigenvalue weighted by atomic mass is 16.5. The van der Waals surface area contributed by atoms with Gasteiger partial charge in [0.1, 0.15) is 5.75 Å². The molecule has 0 amide bonds. The van der Waals surface area contributed by atoms with E-state index in [0.717, 1.165) is 17.1 Å². The monoisotopic (exact) mass is 163 g/mol. The van der Waals surface area contributed by atoms with Crippen LogP contribution < -0.4 is 4.74 Å². The summed E-state index contributed by atoms with van der Waals surface area (Å²) in [5.74, 6) is 0.947. The molecule has 0 spiro atoms. The number of ether oxygens (including phenoxy) is 1. The quantitative estimate of drug-likeness (QED) is 0.667. The topological polar surface area (TPSA) is 22.1 Å². The minimum atomic E-state index is 0.466. The molecule has 64 valence electrons. The smallest absolute Gasteiger partial charge is 0.140 e. The van der Waals surface area contributed by atoms with Gasteiger partial charge in [0.2, 0.25) is 0 Å². The van der Waals surface area contributed by atoms with E-state index in [1.54, 1.807) is 0 Å². The first kappa shape index (κ1) is 7.59. The number of hydrogen-bond donors (Lipinski definition) is 0. The first-order chi connectivity index (χ1) is 5.75.